The Morgan fingerprint density at radius 1 is 1.07 bits per heavy atom. The molecule has 2 aromatic heterocycles. The lowest BCUT2D eigenvalue weighted by molar-refractivity contribution is 0.341. The number of ether oxygens (including phenoxy) is 1. The summed E-state index contributed by atoms with van der Waals surface area (Å²) in [6, 6.07) is 15.9. The largest absolute Gasteiger partial charge is 0.492 e. The van der Waals surface area contributed by atoms with Crippen LogP contribution in [0.2, 0.25) is 0 Å². The summed E-state index contributed by atoms with van der Waals surface area (Å²) in [5.41, 5.74) is 4.39. The number of rotatable bonds is 7. The average Bonchev–Trinajstić information content (AvgIpc) is 3.15. The minimum Gasteiger partial charge on any atom is -0.492 e. The minimum absolute atomic E-state index is 0.119. The van der Waals surface area contributed by atoms with Crippen LogP contribution < -0.4 is 15.6 Å². The predicted molar refractivity (Wildman–Crippen MR) is 117 cm³/mol. The Labute approximate surface area is 174 Å². The molecule has 0 fully saturated rings. The highest BCUT2D eigenvalue weighted by molar-refractivity contribution is 5.56. The quantitative estimate of drug-likeness (QED) is 0.492. The molecule has 154 valence electrons. The van der Waals surface area contributed by atoms with Gasteiger partial charge in [0.2, 0.25) is 0 Å². The van der Waals surface area contributed by atoms with Gasteiger partial charge in [-0.2, -0.15) is 9.50 Å². The molecule has 0 radical (unpaired) electrons. The highest BCUT2D eigenvalue weighted by atomic mass is 16.5. The van der Waals surface area contributed by atoms with Crippen LogP contribution in [-0.4, -0.2) is 26.2 Å². The molecule has 0 spiro atoms. The summed E-state index contributed by atoms with van der Waals surface area (Å²) in [4.78, 5) is 22.1. The lowest BCUT2D eigenvalue weighted by Crippen LogP contribution is -2.22. The van der Waals surface area contributed by atoms with Gasteiger partial charge in [-0.05, 0) is 38.5 Å². The van der Waals surface area contributed by atoms with Crippen molar-refractivity contribution in [1.82, 2.24) is 19.6 Å². The van der Waals surface area contributed by atoms with E-state index in [-0.39, 0.29) is 5.56 Å². The predicted octanol–water partition coefficient (Wildman–Crippen LogP) is 3.64. The van der Waals surface area contributed by atoms with E-state index in [0.29, 0.717) is 42.4 Å². The van der Waals surface area contributed by atoms with Gasteiger partial charge in [0, 0.05) is 12.0 Å². The SMILES string of the molecule is CCOc1ccccc1NCc1nc2nc(C)c(Cc3ccc(C)cc3)c(=O)n2[nH]1. The van der Waals surface area contributed by atoms with Crippen LogP contribution in [0.5, 0.6) is 5.75 Å². The fraction of sp³-hybridized carbons (Fsp3) is 0.261. The van der Waals surface area contributed by atoms with Crippen LogP contribution in [0.25, 0.3) is 5.78 Å². The molecule has 7 heteroatoms. The molecule has 4 rings (SSSR count). The second-order valence-electron chi connectivity index (χ2n) is 7.23. The van der Waals surface area contributed by atoms with E-state index >= 15 is 0 Å². The third kappa shape index (κ3) is 4.05. The molecule has 0 unspecified atom stereocenters. The van der Waals surface area contributed by atoms with E-state index in [0.717, 1.165) is 17.0 Å². The molecule has 30 heavy (non-hydrogen) atoms. The Morgan fingerprint density at radius 2 is 1.83 bits per heavy atom. The molecule has 2 aromatic carbocycles. The molecule has 0 atom stereocenters. The number of anilines is 1. The zero-order chi connectivity index (χ0) is 21.1. The average molecular weight is 403 g/mol. The van der Waals surface area contributed by atoms with Gasteiger partial charge in [0.15, 0.2) is 0 Å². The summed E-state index contributed by atoms with van der Waals surface area (Å²) in [6.45, 7) is 6.86. The zero-order valence-corrected chi connectivity index (χ0v) is 17.4. The number of para-hydroxylation sites is 2. The summed E-state index contributed by atoms with van der Waals surface area (Å²) in [5, 5.41) is 6.38. The number of hydrogen-bond acceptors (Lipinski definition) is 5. The van der Waals surface area contributed by atoms with Crippen molar-refractivity contribution in [2.24, 2.45) is 0 Å². The smallest absolute Gasteiger partial charge is 0.277 e. The summed E-state index contributed by atoms with van der Waals surface area (Å²) in [6.07, 6.45) is 0.537. The number of nitrogens with one attached hydrogen (secondary N) is 2. The van der Waals surface area contributed by atoms with Gasteiger partial charge in [0.1, 0.15) is 11.6 Å². The second kappa shape index (κ2) is 8.41. The fourth-order valence-corrected chi connectivity index (χ4v) is 3.36. The van der Waals surface area contributed by atoms with Gasteiger partial charge in [0.05, 0.1) is 24.5 Å². The summed E-state index contributed by atoms with van der Waals surface area (Å²) in [5.74, 6) is 1.78. The van der Waals surface area contributed by atoms with Crippen LogP contribution in [0.1, 0.15) is 35.1 Å². The number of H-pyrrole nitrogens is 1. The van der Waals surface area contributed by atoms with Gasteiger partial charge in [-0.25, -0.2) is 4.98 Å². The molecule has 7 nitrogen and oxygen atoms in total. The Balaban J connectivity index is 1.59. The van der Waals surface area contributed by atoms with Gasteiger partial charge < -0.3 is 10.1 Å². The van der Waals surface area contributed by atoms with Crippen molar-refractivity contribution in [3.8, 4) is 5.75 Å². The number of hydrogen-bond donors (Lipinski definition) is 2. The maximum atomic E-state index is 13.1. The lowest BCUT2D eigenvalue weighted by atomic mass is 10.0. The van der Waals surface area contributed by atoms with Gasteiger partial charge in [-0.3, -0.25) is 9.89 Å². The Bertz CT molecular complexity index is 1220. The van der Waals surface area contributed by atoms with Crippen molar-refractivity contribution in [1.29, 1.82) is 0 Å². The second-order valence-corrected chi connectivity index (χ2v) is 7.23. The van der Waals surface area contributed by atoms with Gasteiger partial charge >= 0.3 is 0 Å². The lowest BCUT2D eigenvalue weighted by Gasteiger charge is -2.10. The molecule has 0 aliphatic carbocycles. The van der Waals surface area contributed by atoms with Crippen LogP contribution in [-0.2, 0) is 13.0 Å². The highest BCUT2D eigenvalue weighted by Crippen LogP contribution is 2.24. The molecule has 0 aliphatic heterocycles. The van der Waals surface area contributed by atoms with Crippen LogP contribution in [0.15, 0.2) is 53.3 Å². The van der Waals surface area contributed by atoms with E-state index in [4.69, 9.17) is 4.74 Å². The molecule has 0 aliphatic rings. The first kappa shape index (κ1) is 19.7. The topological polar surface area (TPSA) is 84.3 Å². The number of aromatic amines is 1. The fourth-order valence-electron chi connectivity index (χ4n) is 3.36. The number of benzene rings is 2. The van der Waals surface area contributed by atoms with E-state index in [1.165, 1.54) is 10.1 Å². The summed E-state index contributed by atoms with van der Waals surface area (Å²) < 4.78 is 7.06. The first-order chi connectivity index (χ1) is 14.5. The van der Waals surface area contributed by atoms with Crippen molar-refractivity contribution >= 4 is 11.5 Å². The van der Waals surface area contributed by atoms with Gasteiger partial charge in [-0.15, -0.1) is 0 Å². The Kier molecular flexibility index (Phi) is 5.52. The number of aryl methyl sites for hydroxylation is 2. The van der Waals surface area contributed by atoms with E-state index in [9.17, 15) is 4.79 Å². The Morgan fingerprint density at radius 3 is 2.60 bits per heavy atom. The molecule has 0 saturated heterocycles. The first-order valence-corrected chi connectivity index (χ1v) is 10.0. The highest BCUT2D eigenvalue weighted by Gasteiger charge is 2.14. The maximum Gasteiger partial charge on any atom is 0.277 e. The van der Waals surface area contributed by atoms with Crippen molar-refractivity contribution in [3.63, 3.8) is 0 Å². The first-order valence-electron chi connectivity index (χ1n) is 10.0. The van der Waals surface area contributed by atoms with Crippen molar-refractivity contribution in [3.05, 3.63) is 87.1 Å². The van der Waals surface area contributed by atoms with Crippen molar-refractivity contribution in [2.75, 3.05) is 11.9 Å². The summed E-state index contributed by atoms with van der Waals surface area (Å²) in [7, 11) is 0. The number of fused-ring (bicyclic) bond motifs is 1. The molecule has 0 amide bonds. The molecular weight excluding hydrogens is 378 g/mol. The third-order valence-electron chi connectivity index (χ3n) is 4.98. The van der Waals surface area contributed by atoms with Crippen LogP contribution >= 0.6 is 0 Å². The number of nitrogens with zero attached hydrogens (tertiary/aromatic N) is 3. The van der Waals surface area contributed by atoms with Gasteiger partial charge in [-0.1, -0.05) is 42.0 Å². The summed E-state index contributed by atoms with van der Waals surface area (Å²) >= 11 is 0. The standard InChI is InChI=1S/C23H25N5O2/c1-4-30-20-8-6-5-7-19(20)24-14-21-26-23-25-16(3)18(22(29)28(23)27-21)13-17-11-9-15(2)10-12-17/h5-12,24H,4,13-14H2,1-3H3,(H,25,26,27). The number of aromatic nitrogens is 4. The van der Waals surface area contributed by atoms with Crippen LogP contribution in [0.3, 0.4) is 0 Å². The molecule has 0 saturated carbocycles. The minimum atomic E-state index is -0.119. The molecule has 2 N–H and O–H groups in total. The molecule has 4 aromatic rings. The van der Waals surface area contributed by atoms with E-state index in [1.54, 1.807) is 0 Å². The third-order valence-corrected chi connectivity index (χ3v) is 4.98. The van der Waals surface area contributed by atoms with Crippen LogP contribution in [0, 0.1) is 13.8 Å². The monoisotopic (exact) mass is 403 g/mol. The van der Waals surface area contributed by atoms with Crippen molar-refractivity contribution in [2.45, 2.75) is 33.7 Å². The van der Waals surface area contributed by atoms with Crippen molar-refractivity contribution < 1.29 is 4.74 Å². The maximum absolute atomic E-state index is 13.1. The van der Waals surface area contributed by atoms with E-state index < -0.39 is 0 Å². The van der Waals surface area contributed by atoms with E-state index in [2.05, 4.69) is 20.4 Å². The van der Waals surface area contributed by atoms with Crippen LogP contribution in [0.4, 0.5) is 5.69 Å². The normalized spacial score (nSPS) is 11.0. The zero-order valence-electron chi connectivity index (χ0n) is 17.4. The van der Waals surface area contributed by atoms with E-state index in [1.807, 2.05) is 69.3 Å². The molecule has 2 heterocycles. The molecular formula is C23H25N5O2. The Hall–Kier alpha value is -3.61. The molecule has 0 bridgehead atoms. The van der Waals surface area contributed by atoms with Gasteiger partial charge in [0.25, 0.3) is 11.3 Å².